The number of carbonyl (C=O) groups excluding carboxylic acids is 2. The third kappa shape index (κ3) is 3.28. The summed E-state index contributed by atoms with van der Waals surface area (Å²) < 4.78 is 0. The molecule has 6 nitrogen and oxygen atoms in total. The van der Waals surface area contributed by atoms with Gasteiger partial charge >= 0.3 is 0 Å². The molecule has 1 aromatic carbocycles. The summed E-state index contributed by atoms with van der Waals surface area (Å²) in [7, 11) is 4.20. The van der Waals surface area contributed by atoms with Gasteiger partial charge in [0.05, 0.1) is 0 Å². The number of hydrogen-bond acceptors (Lipinski definition) is 5. The first-order valence-electron chi connectivity index (χ1n) is 9.79. The average molecular weight is 368 g/mol. The quantitative estimate of drug-likeness (QED) is 0.827. The third-order valence-corrected chi connectivity index (χ3v) is 6.26. The van der Waals surface area contributed by atoms with Crippen molar-refractivity contribution in [3.05, 3.63) is 41.5 Å². The van der Waals surface area contributed by atoms with Gasteiger partial charge in [-0.25, -0.2) is 10.0 Å². The molecule has 0 radical (unpaired) electrons. The van der Waals surface area contributed by atoms with Gasteiger partial charge in [0.25, 0.3) is 0 Å². The zero-order valence-electron chi connectivity index (χ0n) is 16.2. The van der Waals surface area contributed by atoms with E-state index >= 15 is 0 Å². The molecule has 6 heteroatoms. The van der Waals surface area contributed by atoms with Crippen LogP contribution in [0.25, 0.3) is 5.70 Å². The lowest BCUT2D eigenvalue weighted by atomic mass is 9.85. The van der Waals surface area contributed by atoms with Gasteiger partial charge in [-0.05, 0) is 36.3 Å². The monoisotopic (exact) mass is 368 g/mol. The Morgan fingerprint density at radius 3 is 2.56 bits per heavy atom. The Labute approximate surface area is 160 Å². The number of fused-ring (bicyclic) bond motifs is 1. The lowest BCUT2D eigenvalue weighted by Gasteiger charge is -2.36. The number of imide groups is 1. The highest BCUT2D eigenvalue weighted by atomic mass is 16.2. The van der Waals surface area contributed by atoms with Gasteiger partial charge < -0.3 is 4.90 Å². The molecule has 3 aliphatic heterocycles. The van der Waals surface area contributed by atoms with Gasteiger partial charge in [0.15, 0.2) is 0 Å². The summed E-state index contributed by atoms with van der Waals surface area (Å²) in [4.78, 5) is 25.9. The summed E-state index contributed by atoms with van der Waals surface area (Å²) in [6.45, 7) is 7.12. The number of amides is 2. The Hall–Kier alpha value is -2.18. The smallest absolute Gasteiger partial charge is 0.249 e. The molecular weight excluding hydrogens is 340 g/mol. The normalized spacial score (nSPS) is 24.5. The van der Waals surface area contributed by atoms with Gasteiger partial charge in [-0.3, -0.25) is 14.9 Å². The van der Waals surface area contributed by atoms with Crippen LogP contribution in [0.2, 0.25) is 0 Å². The predicted octanol–water partition coefficient (Wildman–Crippen LogP) is 1.93. The van der Waals surface area contributed by atoms with Crippen molar-refractivity contribution in [2.75, 3.05) is 27.2 Å². The van der Waals surface area contributed by atoms with E-state index in [1.165, 1.54) is 11.1 Å². The molecule has 3 aliphatic rings. The molecule has 1 aromatic rings. The van der Waals surface area contributed by atoms with Gasteiger partial charge in [0, 0.05) is 51.4 Å². The van der Waals surface area contributed by atoms with E-state index in [2.05, 4.69) is 59.1 Å². The highest BCUT2D eigenvalue weighted by Crippen LogP contribution is 2.41. The second kappa shape index (κ2) is 7.09. The van der Waals surface area contributed by atoms with Crippen LogP contribution >= 0.6 is 0 Å². The topological polar surface area (TPSA) is 55.9 Å². The van der Waals surface area contributed by atoms with Gasteiger partial charge in [-0.2, -0.15) is 0 Å². The molecule has 0 aliphatic carbocycles. The van der Waals surface area contributed by atoms with E-state index in [9.17, 15) is 9.59 Å². The van der Waals surface area contributed by atoms with Crippen LogP contribution in [0.3, 0.4) is 0 Å². The minimum Gasteiger partial charge on any atom is -0.355 e. The van der Waals surface area contributed by atoms with Crippen molar-refractivity contribution < 1.29 is 9.59 Å². The maximum Gasteiger partial charge on any atom is 0.249 e. The molecule has 1 atom stereocenters. The lowest BCUT2D eigenvalue weighted by Crippen LogP contribution is -2.50. The summed E-state index contributed by atoms with van der Waals surface area (Å²) in [5.74, 6) is 0.179. The first-order valence-corrected chi connectivity index (χ1v) is 9.79. The molecule has 3 heterocycles. The third-order valence-electron chi connectivity index (χ3n) is 6.26. The van der Waals surface area contributed by atoms with E-state index in [1.54, 1.807) is 0 Å². The molecule has 2 amide bonds. The van der Waals surface area contributed by atoms with Crippen LogP contribution in [0.1, 0.15) is 48.3 Å². The van der Waals surface area contributed by atoms with Crippen LogP contribution < -0.4 is 5.32 Å². The molecule has 1 N–H and O–H groups in total. The van der Waals surface area contributed by atoms with E-state index in [0.717, 1.165) is 37.2 Å². The summed E-state index contributed by atoms with van der Waals surface area (Å²) in [6, 6.07) is 6.18. The van der Waals surface area contributed by atoms with Crippen LogP contribution in [0.15, 0.2) is 24.8 Å². The van der Waals surface area contributed by atoms with E-state index in [-0.39, 0.29) is 17.9 Å². The second-order valence-corrected chi connectivity index (χ2v) is 7.99. The molecule has 0 spiro atoms. The fraction of sp³-hybridized carbons (Fsp3) is 0.524. The molecule has 4 rings (SSSR count). The zero-order valence-corrected chi connectivity index (χ0v) is 16.2. The first kappa shape index (κ1) is 18.2. The Kier molecular flexibility index (Phi) is 4.78. The minimum absolute atomic E-state index is 0.174. The molecule has 27 heavy (non-hydrogen) atoms. The molecule has 0 saturated carbocycles. The van der Waals surface area contributed by atoms with Crippen LogP contribution in [0.5, 0.6) is 0 Å². The van der Waals surface area contributed by atoms with Gasteiger partial charge in [0.1, 0.15) is 6.04 Å². The molecule has 0 bridgehead atoms. The second-order valence-electron chi connectivity index (χ2n) is 7.99. The van der Waals surface area contributed by atoms with Gasteiger partial charge in [0.2, 0.25) is 11.8 Å². The molecule has 1 unspecified atom stereocenters. The predicted molar refractivity (Wildman–Crippen MR) is 104 cm³/mol. The average Bonchev–Trinajstić information content (AvgIpc) is 2.98. The minimum atomic E-state index is -0.300. The Morgan fingerprint density at radius 1 is 1.15 bits per heavy atom. The number of nitrogens with zero attached hydrogens (tertiary/aromatic N) is 3. The molecule has 2 saturated heterocycles. The standard InChI is InChI=1S/C21H28N4O2/c1-14-16-5-4-6-17(15-9-11-24(12-10-15)23(2)3)18(16)13-25(14)19-7-8-20(26)22-21(19)27/h4-6,15,19H,1,7-13H2,2-3H3,(H,22,26,27). The van der Waals surface area contributed by atoms with E-state index in [0.29, 0.717) is 25.3 Å². The fourth-order valence-electron chi connectivity index (χ4n) is 4.71. The van der Waals surface area contributed by atoms with Crippen LogP contribution in [-0.4, -0.2) is 60.0 Å². The van der Waals surface area contributed by atoms with Crippen LogP contribution in [-0.2, 0) is 16.1 Å². The van der Waals surface area contributed by atoms with Crippen molar-refractivity contribution in [2.24, 2.45) is 0 Å². The number of benzene rings is 1. The maximum absolute atomic E-state index is 12.3. The van der Waals surface area contributed by atoms with Gasteiger partial charge in [-0.15, -0.1) is 0 Å². The van der Waals surface area contributed by atoms with E-state index in [4.69, 9.17) is 0 Å². The van der Waals surface area contributed by atoms with E-state index < -0.39 is 0 Å². The summed E-state index contributed by atoms with van der Waals surface area (Å²) in [5.41, 5.74) is 4.79. The van der Waals surface area contributed by atoms with E-state index in [1.807, 2.05) is 0 Å². The SMILES string of the molecule is C=C1c2cccc(C3CCN(N(C)C)CC3)c2CN1C1CCC(=O)NC1=O. The number of carbonyl (C=O) groups is 2. The maximum atomic E-state index is 12.3. The number of nitrogens with one attached hydrogen (secondary N) is 1. The largest absolute Gasteiger partial charge is 0.355 e. The number of piperidine rings is 2. The van der Waals surface area contributed by atoms with Crippen molar-refractivity contribution in [3.63, 3.8) is 0 Å². The van der Waals surface area contributed by atoms with Crippen molar-refractivity contribution in [2.45, 2.75) is 44.2 Å². The highest BCUT2D eigenvalue weighted by molar-refractivity contribution is 6.01. The molecule has 2 fully saturated rings. The van der Waals surface area contributed by atoms with Crippen molar-refractivity contribution in [1.82, 2.24) is 20.2 Å². The first-order chi connectivity index (χ1) is 13.0. The van der Waals surface area contributed by atoms with Crippen molar-refractivity contribution in [1.29, 1.82) is 0 Å². The molecule has 0 aromatic heterocycles. The number of rotatable bonds is 3. The van der Waals surface area contributed by atoms with Crippen molar-refractivity contribution in [3.8, 4) is 0 Å². The summed E-state index contributed by atoms with van der Waals surface area (Å²) in [6.07, 6.45) is 3.24. The Morgan fingerprint density at radius 2 is 1.89 bits per heavy atom. The highest BCUT2D eigenvalue weighted by Gasteiger charge is 2.37. The lowest BCUT2D eigenvalue weighted by molar-refractivity contribution is -0.136. The summed E-state index contributed by atoms with van der Waals surface area (Å²) in [5, 5.41) is 7.04. The van der Waals surface area contributed by atoms with Gasteiger partial charge in [-0.1, -0.05) is 24.8 Å². The molecule has 144 valence electrons. The number of hydrogen-bond donors (Lipinski definition) is 1. The van der Waals surface area contributed by atoms with Crippen LogP contribution in [0.4, 0.5) is 0 Å². The Bertz CT molecular complexity index is 780. The fourth-order valence-corrected chi connectivity index (χ4v) is 4.71. The number of hydrazine groups is 1. The zero-order chi connectivity index (χ0) is 19.1. The summed E-state index contributed by atoms with van der Waals surface area (Å²) >= 11 is 0. The molecular formula is C21H28N4O2. The van der Waals surface area contributed by atoms with Crippen molar-refractivity contribution >= 4 is 17.5 Å². The Balaban J connectivity index is 1.55. The van der Waals surface area contributed by atoms with Crippen LogP contribution in [0, 0.1) is 0 Å².